The first-order valence-corrected chi connectivity index (χ1v) is 7.04. The van der Waals surface area contributed by atoms with E-state index in [-0.39, 0.29) is 30.5 Å². The van der Waals surface area contributed by atoms with Crippen LogP contribution >= 0.6 is 0 Å². The zero-order valence-corrected chi connectivity index (χ0v) is 11.3. The maximum Gasteiger partial charge on any atom is 0.306 e. The van der Waals surface area contributed by atoms with Crippen LogP contribution in [0.1, 0.15) is 6.92 Å². The van der Waals surface area contributed by atoms with Crippen molar-refractivity contribution in [3.05, 3.63) is 6.33 Å². The van der Waals surface area contributed by atoms with E-state index in [0.29, 0.717) is 0 Å². The Morgan fingerprint density at radius 3 is 2.90 bits per heavy atom. The minimum Gasteiger partial charge on any atom is -0.464 e. The largest absolute Gasteiger partial charge is 0.464 e. The molecule has 1 aliphatic rings. The van der Waals surface area contributed by atoms with Gasteiger partial charge in [0.25, 0.3) is 0 Å². The molecule has 0 saturated carbocycles. The first kappa shape index (κ1) is 14.3. The van der Waals surface area contributed by atoms with E-state index in [4.69, 9.17) is 10.5 Å². The summed E-state index contributed by atoms with van der Waals surface area (Å²) in [5, 5.41) is 2.53. The fourth-order valence-electron chi connectivity index (χ4n) is 1.80. The Labute approximate surface area is 114 Å². The quantitative estimate of drug-likeness (QED) is 0.468. The van der Waals surface area contributed by atoms with Crippen LogP contribution in [0, 0.1) is 0 Å². The van der Waals surface area contributed by atoms with E-state index < -0.39 is 21.6 Å². The highest BCUT2D eigenvalue weighted by atomic mass is 32.2. The molecule has 2 rings (SSSR count). The number of rotatable bonds is 4. The van der Waals surface area contributed by atoms with Gasteiger partial charge in [0.1, 0.15) is 18.6 Å². The second kappa shape index (κ2) is 5.09. The highest BCUT2D eigenvalue weighted by Crippen LogP contribution is 2.36. The monoisotopic (exact) mass is 303 g/mol. The molecule has 0 amide bonds. The topological polar surface area (TPSA) is 148 Å². The molecular formula is C9H13N5O5S. The first-order valence-electron chi connectivity index (χ1n) is 5.54. The maximum atomic E-state index is 11.4. The molecule has 1 aliphatic heterocycles. The number of carbonyl (C=O) groups excluding carboxylic acids is 1. The fraction of sp³-hybridized carbons (Fsp3) is 0.444. The van der Waals surface area contributed by atoms with E-state index in [2.05, 4.69) is 15.3 Å². The van der Waals surface area contributed by atoms with Crippen LogP contribution in [0.15, 0.2) is 6.33 Å². The molecule has 1 aromatic rings. The van der Waals surface area contributed by atoms with Gasteiger partial charge in [-0.1, -0.05) is 0 Å². The van der Waals surface area contributed by atoms with Crippen LogP contribution in [0.5, 0.6) is 0 Å². The van der Waals surface area contributed by atoms with Crippen LogP contribution < -0.4 is 16.0 Å². The van der Waals surface area contributed by atoms with E-state index in [1.165, 1.54) is 18.2 Å². The lowest BCUT2D eigenvalue weighted by molar-refractivity contribution is -0.140. The molecule has 0 aliphatic carbocycles. The number of nitrogen functional groups attached to an aromatic ring is 1. The van der Waals surface area contributed by atoms with Gasteiger partial charge in [-0.15, -0.1) is 0 Å². The smallest absolute Gasteiger partial charge is 0.306 e. The van der Waals surface area contributed by atoms with Crippen molar-refractivity contribution in [2.45, 2.75) is 12.4 Å². The van der Waals surface area contributed by atoms with Gasteiger partial charge in [0.05, 0.1) is 6.54 Å². The minimum absolute atomic E-state index is 0.0144. The summed E-state index contributed by atoms with van der Waals surface area (Å²) in [6.07, 6.45) is 1.17. The highest BCUT2D eigenvalue weighted by molar-refractivity contribution is 7.86. The Balaban J connectivity index is 2.29. The lowest BCUT2D eigenvalue weighted by atomic mass is 10.4. The van der Waals surface area contributed by atoms with Crippen molar-refractivity contribution in [3.8, 4) is 0 Å². The van der Waals surface area contributed by atoms with E-state index in [1.807, 2.05) is 0 Å². The molecule has 110 valence electrons. The lowest BCUT2D eigenvalue weighted by Gasteiger charge is -2.22. The Morgan fingerprint density at radius 2 is 2.30 bits per heavy atom. The third-order valence-electron chi connectivity index (χ3n) is 2.60. The summed E-state index contributed by atoms with van der Waals surface area (Å²) in [7, 11) is -4.44. The lowest BCUT2D eigenvalue weighted by Crippen LogP contribution is -2.44. The van der Waals surface area contributed by atoms with E-state index in [9.17, 15) is 17.8 Å². The van der Waals surface area contributed by atoms with Gasteiger partial charge in [-0.2, -0.15) is 8.42 Å². The summed E-state index contributed by atoms with van der Waals surface area (Å²) in [6, 6.07) is 0. The highest BCUT2D eigenvalue weighted by Gasteiger charge is 2.39. The third kappa shape index (κ3) is 2.72. The van der Waals surface area contributed by atoms with E-state index in [0.717, 1.165) is 0 Å². The third-order valence-corrected chi connectivity index (χ3v) is 3.54. The van der Waals surface area contributed by atoms with E-state index >= 15 is 0 Å². The normalized spacial score (nSPS) is 17.5. The van der Waals surface area contributed by atoms with Crippen molar-refractivity contribution in [3.63, 3.8) is 0 Å². The van der Waals surface area contributed by atoms with Crippen LogP contribution in [-0.4, -0.2) is 47.6 Å². The number of aromatic nitrogens is 2. The molecule has 20 heavy (non-hydrogen) atoms. The van der Waals surface area contributed by atoms with Gasteiger partial charge in [-0.25, -0.2) is 9.97 Å². The number of fused-ring (bicyclic) bond motifs is 1. The molecule has 1 aromatic heterocycles. The Morgan fingerprint density at radius 1 is 1.60 bits per heavy atom. The van der Waals surface area contributed by atoms with Gasteiger partial charge in [-0.3, -0.25) is 9.35 Å². The fourth-order valence-corrected chi connectivity index (χ4v) is 2.60. The standard InChI is InChI=1S/C9H13N5O5S/c1-5(15)19-3-2-14-8-6(7(10)11-4-12-8)13-9(14)20(16,17)18/h4,9,13H,2-3H2,1H3,(H2,10,11,12)(H,16,17,18). The van der Waals surface area contributed by atoms with Crippen molar-refractivity contribution in [1.82, 2.24) is 9.97 Å². The van der Waals surface area contributed by atoms with Crippen LogP contribution in [0.4, 0.5) is 17.3 Å². The number of esters is 1. The number of nitrogens with one attached hydrogen (secondary N) is 1. The van der Waals surface area contributed by atoms with Gasteiger partial charge in [-0.05, 0) is 0 Å². The molecule has 2 heterocycles. The Hall–Kier alpha value is -2.14. The molecule has 0 saturated heterocycles. The predicted octanol–water partition coefficient (Wildman–Crippen LogP) is -0.975. The molecule has 0 bridgehead atoms. The average Bonchev–Trinajstić information content (AvgIpc) is 2.69. The second-order valence-corrected chi connectivity index (χ2v) is 5.48. The van der Waals surface area contributed by atoms with Gasteiger partial charge in [0.2, 0.25) is 5.50 Å². The van der Waals surface area contributed by atoms with Crippen LogP contribution in [0.2, 0.25) is 0 Å². The van der Waals surface area contributed by atoms with Crippen LogP contribution in [0.3, 0.4) is 0 Å². The molecule has 11 heteroatoms. The number of nitrogens with zero attached hydrogens (tertiary/aromatic N) is 3. The molecule has 1 unspecified atom stereocenters. The summed E-state index contributed by atoms with van der Waals surface area (Å²) in [5.74, 6) is -0.228. The Bertz CT molecular complexity index is 634. The summed E-state index contributed by atoms with van der Waals surface area (Å²) >= 11 is 0. The predicted molar refractivity (Wildman–Crippen MR) is 69.4 cm³/mol. The molecule has 0 fully saturated rings. The number of ether oxygens (including phenoxy) is 1. The van der Waals surface area contributed by atoms with Crippen LogP contribution in [0.25, 0.3) is 0 Å². The van der Waals surface area contributed by atoms with Crippen molar-refractivity contribution < 1.29 is 22.5 Å². The van der Waals surface area contributed by atoms with Gasteiger partial charge >= 0.3 is 16.1 Å². The molecule has 0 radical (unpaired) electrons. The number of carbonyl (C=O) groups is 1. The zero-order valence-electron chi connectivity index (χ0n) is 10.5. The molecule has 4 N–H and O–H groups in total. The van der Waals surface area contributed by atoms with Crippen molar-refractivity contribution >= 4 is 33.4 Å². The number of anilines is 3. The zero-order chi connectivity index (χ0) is 14.9. The summed E-state index contributed by atoms with van der Waals surface area (Å²) < 4.78 is 36.7. The van der Waals surface area contributed by atoms with Gasteiger partial charge < -0.3 is 20.7 Å². The Kier molecular flexibility index (Phi) is 3.63. The number of hydrogen-bond donors (Lipinski definition) is 3. The molecule has 0 aromatic carbocycles. The molecule has 10 nitrogen and oxygen atoms in total. The molecular weight excluding hydrogens is 290 g/mol. The minimum atomic E-state index is -4.44. The molecule has 1 atom stereocenters. The summed E-state index contributed by atoms with van der Waals surface area (Å²) in [4.78, 5) is 19.6. The molecule has 0 spiro atoms. The second-order valence-electron chi connectivity index (χ2n) is 4.00. The van der Waals surface area contributed by atoms with Crippen molar-refractivity contribution in [1.29, 1.82) is 0 Å². The van der Waals surface area contributed by atoms with Gasteiger partial charge in [0, 0.05) is 6.92 Å². The maximum absolute atomic E-state index is 11.4. The van der Waals surface area contributed by atoms with Crippen molar-refractivity contribution in [2.24, 2.45) is 0 Å². The SMILES string of the molecule is CC(=O)OCCN1c2ncnc(N)c2NC1S(=O)(=O)O. The van der Waals surface area contributed by atoms with Gasteiger partial charge in [0.15, 0.2) is 11.6 Å². The number of nitrogens with two attached hydrogens (primary N) is 1. The summed E-state index contributed by atoms with van der Waals surface area (Å²) in [5.41, 5.74) is 4.37. The first-order chi connectivity index (χ1) is 9.30. The van der Waals surface area contributed by atoms with Crippen LogP contribution in [-0.2, 0) is 19.6 Å². The average molecular weight is 303 g/mol. The number of hydrogen-bond acceptors (Lipinski definition) is 9. The van der Waals surface area contributed by atoms with E-state index in [1.54, 1.807) is 0 Å². The van der Waals surface area contributed by atoms with Crippen molar-refractivity contribution in [2.75, 3.05) is 29.1 Å². The summed E-state index contributed by atoms with van der Waals surface area (Å²) in [6.45, 7) is 1.18.